The lowest BCUT2D eigenvalue weighted by Crippen LogP contribution is -2.33. The minimum Gasteiger partial charge on any atom is -0.289 e. The van der Waals surface area contributed by atoms with Crippen LogP contribution >= 0.6 is 11.3 Å². The second-order valence-corrected chi connectivity index (χ2v) is 7.62. The summed E-state index contributed by atoms with van der Waals surface area (Å²) in [7, 11) is 0. The van der Waals surface area contributed by atoms with Crippen molar-refractivity contribution in [3.05, 3.63) is 93.9 Å². The van der Waals surface area contributed by atoms with Gasteiger partial charge in [-0.1, -0.05) is 36.4 Å². The number of hydrogen-bond donors (Lipinski definition) is 0. The van der Waals surface area contributed by atoms with E-state index in [1.54, 1.807) is 41.8 Å². The maximum absolute atomic E-state index is 13.2. The van der Waals surface area contributed by atoms with Crippen LogP contribution in [0.4, 0.5) is 18.9 Å². The van der Waals surface area contributed by atoms with Gasteiger partial charge in [0.2, 0.25) is 0 Å². The fourth-order valence-electron chi connectivity index (χ4n) is 2.97. The van der Waals surface area contributed by atoms with Gasteiger partial charge in [0.1, 0.15) is 11.4 Å². The van der Waals surface area contributed by atoms with Crippen LogP contribution in [0.25, 0.3) is 10.2 Å². The van der Waals surface area contributed by atoms with Gasteiger partial charge in [-0.05, 0) is 35.2 Å². The van der Waals surface area contributed by atoms with Gasteiger partial charge in [0, 0.05) is 0 Å². The number of benzene rings is 2. The van der Waals surface area contributed by atoms with Crippen LogP contribution in [0, 0.1) is 0 Å². The molecule has 2 aromatic heterocycles. The first-order valence-electron chi connectivity index (χ1n) is 9.35. The zero-order chi connectivity index (χ0) is 22.7. The van der Waals surface area contributed by atoms with Gasteiger partial charge in [0.15, 0.2) is 0 Å². The Kier molecular flexibility index (Phi) is 5.87. The lowest BCUT2D eigenvalue weighted by atomic mass is 10.2. The van der Waals surface area contributed by atoms with E-state index in [1.807, 2.05) is 0 Å². The van der Waals surface area contributed by atoms with Gasteiger partial charge in [-0.15, -0.1) is 11.3 Å². The highest BCUT2D eigenvalue weighted by molar-refractivity contribution is 7.16. The first-order chi connectivity index (χ1) is 15.3. The third-order valence-electron chi connectivity index (χ3n) is 4.53. The van der Waals surface area contributed by atoms with E-state index >= 15 is 0 Å². The topological polar surface area (TPSA) is 67.6 Å². The smallest absolute Gasteiger partial charge is 0.289 e. The zero-order valence-electron chi connectivity index (χ0n) is 16.4. The number of fused-ring (bicyclic) bond motifs is 1. The fraction of sp³-hybridized carbons (Fsp3) is 0.0909. The van der Waals surface area contributed by atoms with Crippen LogP contribution in [0.5, 0.6) is 0 Å². The minimum atomic E-state index is -4.58. The average Bonchev–Trinajstić information content (AvgIpc) is 3.26. The van der Waals surface area contributed by atoms with E-state index in [2.05, 4.69) is 10.1 Å². The third-order valence-corrected chi connectivity index (χ3v) is 5.35. The van der Waals surface area contributed by atoms with Crippen molar-refractivity contribution >= 4 is 39.4 Å². The summed E-state index contributed by atoms with van der Waals surface area (Å²) in [4.78, 5) is 30.4. The summed E-state index contributed by atoms with van der Waals surface area (Å²) < 4.78 is 40.7. The predicted octanol–water partition coefficient (Wildman–Crippen LogP) is 4.54. The van der Waals surface area contributed by atoms with Crippen molar-refractivity contribution in [3.63, 3.8) is 0 Å². The van der Waals surface area contributed by atoms with Crippen LogP contribution in [-0.2, 0) is 17.5 Å². The first-order valence-corrected chi connectivity index (χ1v) is 10.2. The molecule has 6 nitrogen and oxygen atoms in total. The molecule has 2 heterocycles. The van der Waals surface area contributed by atoms with Crippen molar-refractivity contribution < 1.29 is 18.0 Å². The van der Waals surface area contributed by atoms with Crippen LogP contribution in [0.3, 0.4) is 0 Å². The Balaban J connectivity index is 1.71. The average molecular weight is 456 g/mol. The summed E-state index contributed by atoms with van der Waals surface area (Å²) in [5, 5.41) is 7.05. The van der Waals surface area contributed by atoms with E-state index in [-0.39, 0.29) is 5.69 Å². The second-order valence-electron chi connectivity index (χ2n) is 6.73. The number of hydrogen-bond acceptors (Lipinski definition) is 5. The predicted molar refractivity (Wildman–Crippen MR) is 117 cm³/mol. The molecule has 2 aromatic carbocycles. The van der Waals surface area contributed by atoms with E-state index in [1.165, 1.54) is 36.0 Å². The Morgan fingerprint density at radius 1 is 1.12 bits per heavy atom. The summed E-state index contributed by atoms with van der Waals surface area (Å²) >= 11 is 1.29. The van der Waals surface area contributed by atoms with Crippen molar-refractivity contribution in [2.45, 2.75) is 12.7 Å². The van der Waals surface area contributed by atoms with Gasteiger partial charge < -0.3 is 0 Å². The van der Waals surface area contributed by atoms with Crippen molar-refractivity contribution in [2.75, 3.05) is 5.01 Å². The van der Waals surface area contributed by atoms with E-state index in [9.17, 15) is 22.8 Å². The van der Waals surface area contributed by atoms with Crippen LogP contribution < -0.4 is 10.6 Å². The molecule has 162 valence electrons. The Morgan fingerprint density at radius 3 is 2.66 bits per heavy atom. The number of amides is 1. The normalized spacial score (nSPS) is 11.8. The van der Waals surface area contributed by atoms with Gasteiger partial charge in [0.05, 0.1) is 29.2 Å². The maximum atomic E-state index is 13.2. The molecule has 0 radical (unpaired) electrons. The van der Waals surface area contributed by atoms with Crippen molar-refractivity contribution in [1.29, 1.82) is 0 Å². The number of alkyl halides is 3. The van der Waals surface area contributed by atoms with Crippen molar-refractivity contribution in [2.24, 2.45) is 5.10 Å². The number of anilines is 1. The molecule has 0 saturated carbocycles. The molecule has 0 aliphatic carbocycles. The zero-order valence-corrected chi connectivity index (χ0v) is 17.2. The van der Waals surface area contributed by atoms with E-state index in [4.69, 9.17) is 0 Å². The molecule has 10 heteroatoms. The monoisotopic (exact) mass is 456 g/mol. The van der Waals surface area contributed by atoms with Gasteiger partial charge in [-0.2, -0.15) is 23.3 Å². The number of aromatic nitrogens is 2. The molecule has 4 rings (SSSR count). The lowest BCUT2D eigenvalue weighted by molar-refractivity contribution is -0.137. The molecular weight excluding hydrogens is 441 g/mol. The van der Waals surface area contributed by atoms with Crippen molar-refractivity contribution in [3.8, 4) is 0 Å². The van der Waals surface area contributed by atoms with E-state index in [0.717, 1.165) is 21.7 Å². The Labute approximate surface area is 183 Å². The van der Waals surface area contributed by atoms with Crippen LogP contribution in [0.2, 0.25) is 0 Å². The molecule has 0 unspecified atom stereocenters. The molecule has 0 saturated heterocycles. The molecule has 0 atom stereocenters. The molecule has 32 heavy (non-hydrogen) atoms. The summed E-state index contributed by atoms with van der Waals surface area (Å²) in [6, 6.07) is 14.7. The van der Waals surface area contributed by atoms with Gasteiger partial charge in [-0.25, -0.2) is 4.98 Å². The largest absolute Gasteiger partial charge is 0.416 e. The number of rotatable bonds is 5. The third kappa shape index (κ3) is 4.59. The molecule has 0 bridgehead atoms. The molecule has 0 fully saturated rings. The first kappa shape index (κ1) is 21.4. The molecule has 0 N–H and O–H groups in total. The second kappa shape index (κ2) is 8.75. The van der Waals surface area contributed by atoms with Crippen LogP contribution in [0.15, 0.2) is 82.3 Å². The highest BCUT2D eigenvalue weighted by Crippen LogP contribution is 2.31. The molecule has 1 amide bonds. The Morgan fingerprint density at radius 2 is 1.91 bits per heavy atom. The fourth-order valence-corrected chi connectivity index (χ4v) is 3.69. The summed E-state index contributed by atoms with van der Waals surface area (Å²) in [6.07, 6.45) is -1.98. The van der Waals surface area contributed by atoms with Gasteiger partial charge in [-0.3, -0.25) is 14.2 Å². The minimum absolute atomic E-state index is 0.0744. The van der Waals surface area contributed by atoms with Gasteiger partial charge in [0.25, 0.3) is 11.5 Å². The summed E-state index contributed by atoms with van der Waals surface area (Å²) in [5.41, 5.74) is -0.757. The SMILES string of the molecule is O=C(Cn1cnc2sccc2c1=O)N(/N=C/c1ccccc1)c1cccc(C(F)(F)F)c1. The van der Waals surface area contributed by atoms with E-state index in [0.29, 0.717) is 15.8 Å². The molecule has 0 aliphatic heterocycles. The number of thiophene rings is 1. The van der Waals surface area contributed by atoms with Crippen LogP contribution in [0.1, 0.15) is 11.1 Å². The number of carbonyl (C=O) groups is 1. The quantitative estimate of drug-likeness (QED) is 0.327. The number of nitrogens with zero attached hydrogens (tertiary/aromatic N) is 4. The summed E-state index contributed by atoms with van der Waals surface area (Å²) in [6.45, 7) is -0.444. The van der Waals surface area contributed by atoms with Gasteiger partial charge >= 0.3 is 6.18 Å². The highest BCUT2D eigenvalue weighted by Gasteiger charge is 2.31. The van der Waals surface area contributed by atoms with E-state index < -0.39 is 29.8 Å². The highest BCUT2D eigenvalue weighted by atomic mass is 32.1. The summed E-state index contributed by atoms with van der Waals surface area (Å²) in [5.74, 6) is -0.699. The lowest BCUT2D eigenvalue weighted by Gasteiger charge is -2.19. The van der Waals surface area contributed by atoms with Crippen LogP contribution in [-0.4, -0.2) is 21.7 Å². The molecular formula is C22H15F3N4O2S. The molecule has 0 aliphatic rings. The Bertz CT molecular complexity index is 1350. The number of halogens is 3. The molecule has 4 aromatic rings. The number of hydrazone groups is 1. The van der Waals surface area contributed by atoms with Crippen molar-refractivity contribution in [1.82, 2.24) is 9.55 Å². The Hall–Kier alpha value is -3.79. The maximum Gasteiger partial charge on any atom is 0.416 e. The number of carbonyl (C=O) groups excluding carboxylic acids is 1. The molecule has 0 spiro atoms. The standard InChI is InChI=1S/C22H15F3N4O2S/c23-22(24,25)16-7-4-8-17(11-16)29(27-12-15-5-2-1-3-6-15)19(30)13-28-14-26-20-18(21(28)31)9-10-32-20/h1-12,14H,13H2/b27-12+.